The zero-order chi connectivity index (χ0) is 17.6. The zero-order valence-corrected chi connectivity index (χ0v) is 14.1. The molecule has 2 aliphatic rings. The van der Waals surface area contributed by atoms with E-state index in [0.29, 0.717) is 6.42 Å². The van der Waals surface area contributed by atoms with Crippen LogP contribution < -0.4 is 10.7 Å². The summed E-state index contributed by atoms with van der Waals surface area (Å²) in [5.41, 5.74) is 3.90. The van der Waals surface area contributed by atoms with E-state index in [2.05, 4.69) is 17.1 Å². The molecule has 0 saturated heterocycles. The van der Waals surface area contributed by atoms with E-state index in [4.69, 9.17) is 15.2 Å². The maximum atomic E-state index is 10.2. The normalized spacial score (nSPS) is 35.5. The first-order valence-corrected chi connectivity index (χ1v) is 7.93. The molecule has 1 fully saturated rings. The first-order valence-electron chi connectivity index (χ1n) is 7.93. The number of nitriles is 2. The summed E-state index contributed by atoms with van der Waals surface area (Å²) in [7, 11) is 2.91. The maximum absolute atomic E-state index is 10.2. The fourth-order valence-electron chi connectivity index (χ4n) is 4.99. The minimum Gasteiger partial charge on any atom is -0.317 e. The van der Waals surface area contributed by atoms with Crippen LogP contribution in [0.15, 0.2) is 30.3 Å². The molecule has 0 aromatic heterocycles. The number of nitrogens with one attached hydrogen (secondary N) is 1. The summed E-state index contributed by atoms with van der Waals surface area (Å²) < 4.78 is 11.2. The van der Waals surface area contributed by atoms with E-state index >= 15 is 0 Å². The van der Waals surface area contributed by atoms with E-state index in [1.54, 1.807) is 0 Å². The Balaban J connectivity index is 2.39. The molecule has 6 nitrogen and oxygen atoms in total. The van der Waals surface area contributed by atoms with Gasteiger partial charge in [-0.1, -0.05) is 43.7 Å². The van der Waals surface area contributed by atoms with Gasteiger partial charge < -0.3 is 9.47 Å². The van der Waals surface area contributed by atoms with Crippen molar-refractivity contribution in [2.75, 3.05) is 14.2 Å². The molecule has 24 heavy (non-hydrogen) atoms. The molecule has 6 heteroatoms. The predicted octanol–water partition coefficient (Wildman–Crippen LogP) is 0.156. The molecule has 0 bridgehead atoms. The van der Waals surface area contributed by atoms with Crippen LogP contribution in [0, 0.1) is 33.5 Å². The third-order valence-electron chi connectivity index (χ3n) is 5.78. The number of ether oxygens (including phenoxy) is 2. The second-order valence-corrected chi connectivity index (χ2v) is 6.31. The monoisotopic (exact) mass is 325 g/mol. The Morgan fingerprint density at radius 3 is 2.21 bits per heavy atom. The lowest BCUT2D eigenvalue weighted by atomic mass is 9.79. The topological polar surface area (TPSA) is 106 Å². The summed E-state index contributed by atoms with van der Waals surface area (Å²) in [5.74, 6) is -1.24. The van der Waals surface area contributed by atoms with Crippen LogP contribution in [0.4, 0.5) is 0 Å². The number of hydrogen-bond acceptors (Lipinski definition) is 5. The van der Waals surface area contributed by atoms with E-state index < -0.39 is 22.2 Å². The maximum Gasteiger partial charge on any atom is 0.343 e. The molecule has 0 amide bonds. The Morgan fingerprint density at radius 1 is 1.12 bits per heavy atom. The molecule has 3 N–H and O–H groups in total. The Labute approximate surface area is 141 Å². The molecule has 0 spiro atoms. The minimum atomic E-state index is -1.47. The molecule has 0 radical (unpaired) electrons. The molecule has 0 unspecified atom stereocenters. The lowest BCUT2D eigenvalue weighted by Crippen LogP contribution is -2.91. The van der Waals surface area contributed by atoms with E-state index in [-0.39, 0.29) is 5.84 Å². The van der Waals surface area contributed by atoms with Crippen molar-refractivity contribution in [2.45, 2.75) is 31.1 Å². The van der Waals surface area contributed by atoms with Gasteiger partial charge in [0.05, 0.1) is 17.6 Å². The highest BCUT2D eigenvalue weighted by Gasteiger charge is 3.03. The molecule has 1 aromatic rings. The number of nitrogens with zero attached hydrogens (tertiary/aromatic N) is 2. The van der Waals surface area contributed by atoms with Gasteiger partial charge in [0.25, 0.3) is 5.84 Å². The van der Waals surface area contributed by atoms with Gasteiger partial charge in [-0.05, 0) is 12.0 Å². The van der Waals surface area contributed by atoms with Gasteiger partial charge in [-0.2, -0.15) is 10.5 Å². The summed E-state index contributed by atoms with van der Waals surface area (Å²) in [6.45, 7) is 2.03. The molecular weight excluding hydrogens is 304 g/mol. The molecular formula is C18H21N4O2+. The zero-order valence-electron chi connectivity index (χ0n) is 14.1. The number of rotatable bonds is 5. The summed E-state index contributed by atoms with van der Waals surface area (Å²) in [6, 6.07) is 14.3. The van der Waals surface area contributed by atoms with Crippen LogP contribution in [-0.2, 0) is 14.9 Å². The van der Waals surface area contributed by atoms with E-state index in [1.165, 1.54) is 14.2 Å². The third-order valence-corrected chi connectivity index (χ3v) is 5.78. The third kappa shape index (κ3) is 1.28. The fraction of sp³-hybridized carbons (Fsp3) is 0.500. The Kier molecular flexibility index (Phi) is 3.46. The highest BCUT2D eigenvalue weighted by Crippen LogP contribution is 2.83. The van der Waals surface area contributed by atoms with E-state index in [1.807, 2.05) is 37.3 Å². The van der Waals surface area contributed by atoms with Gasteiger partial charge in [0.2, 0.25) is 0 Å². The largest absolute Gasteiger partial charge is 0.343 e. The Bertz CT molecular complexity index is 774. The summed E-state index contributed by atoms with van der Waals surface area (Å²) >= 11 is 0. The number of methoxy groups -OCH3 is 2. The predicted molar refractivity (Wildman–Crippen MR) is 86.0 cm³/mol. The van der Waals surface area contributed by atoms with Gasteiger partial charge in [0, 0.05) is 14.2 Å². The Morgan fingerprint density at radius 2 is 1.75 bits per heavy atom. The van der Waals surface area contributed by atoms with Crippen LogP contribution >= 0.6 is 0 Å². The van der Waals surface area contributed by atoms with E-state index in [0.717, 1.165) is 12.0 Å². The average molecular weight is 325 g/mol. The van der Waals surface area contributed by atoms with Crippen molar-refractivity contribution < 1.29 is 14.5 Å². The van der Waals surface area contributed by atoms with Crippen molar-refractivity contribution in [3.63, 3.8) is 0 Å². The molecule has 1 saturated carbocycles. The molecule has 3 atom stereocenters. The van der Waals surface area contributed by atoms with E-state index in [9.17, 15) is 10.5 Å². The van der Waals surface area contributed by atoms with Crippen molar-refractivity contribution in [3.05, 3.63) is 35.9 Å². The lowest BCUT2D eigenvalue weighted by molar-refractivity contribution is -0.689. The smallest absolute Gasteiger partial charge is 0.317 e. The summed E-state index contributed by atoms with van der Waals surface area (Å²) in [6.07, 6.45) is 1.41. The molecule has 1 aliphatic carbocycles. The van der Waals surface area contributed by atoms with Crippen LogP contribution in [0.25, 0.3) is 0 Å². The second-order valence-electron chi connectivity index (χ2n) is 6.31. The van der Waals surface area contributed by atoms with Crippen molar-refractivity contribution in [2.24, 2.45) is 16.6 Å². The van der Waals surface area contributed by atoms with Gasteiger partial charge in [-0.25, -0.2) is 4.99 Å². The summed E-state index contributed by atoms with van der Waals surface area (Å²) in [5, 5.41) is 20.4. The quantitative estimate of drug-likeness (QED) is 0.750. The fourth-order valence-corrected chi connectivity index (χ4v) is 4.99. The Hall–Kier alpha value is -2.41. The first kappa shape index (κ1) is 16.4. The number of benzene rings is 1. The summed E-state index contributed by atoms with van der Waals surface area (Å²) in [4.78, 5) is 2.94. The standard InChI is InChI=1S/C18H20N4O2/c1-4-10-15(13-8-6-5-7-9-13)16(11-19)14(21)22-18(23-2,24-3)17(15,16)12-20/h5-9H,4,10H2,1-3H3,(H2,21,22)/p+1/t15-,16+,17-/m1/s1. The minimum absolute atomic E-state index is 0.229. The lowest BCUT2D eigenvalue weighted by Gasteiger charge is -2.31. The SMILES string of the molecule is CCC[C@@]1(c2ccccc2)[C@]2(C#N)C(N)=[NH+]C(OC)(OC)[C@@]21C#N. The molecule has 1 heterocycles. The van der Waals surface area contributed by atoms with Crippen LogP contribution in [0.3, 0.4) is 0 Å². The molecule has 3 rings (SSSR count). The number of fused-ring (bicyclic) bond motifs is 1. The molecule has 124 valence electrons. The molecule has 1 aliphatic heterocycles. The molecule has 1 aromatic carbocycles. The highest BCUT2D eigenvalue weighted by atomic mass is 16.7. The van der Waals surface area contributed by atoms with Crippen LogP contribution in [-0.4, -0.2) is 26.0 Å². The van der Waals surface area contributed by atoms with Crippen molar-refractivity contribution in [3.8, 4) is 12.1 Å². The van der Waals surface area contributed by atoms with Gasteiger partial charge in [0.1, 0.15) is 0 Å². The van der Waals surface area contributed by atoms with Gasteiger partial charge in [-0.3, -0.25) is 5.73 Å². The highest BCUT2D eigenvalue weighted by molar-refractivity contribution is 5.97. The number of nitrogens with two attached hydrogens (primary N) is 1. The second kappa shape index (κ2) is 5.04. The average Bonchev–Trinajstić information content (AvgIpc) is 3.09. The number of amidine groups is 1. The van der Waals surface area contributed by atoms with Crippen molar-refractivity contribution in [1.82, 2.24) is 0 Å². The van der Waals surface area contributed by atoms with Crippen LogP contribution in [0.5, 0.6) is 0 Å². The van der Waals surface area contributed by atoms with Crippen molar-refractivity contribution in [1.29, 1.82) is 10.5 Å². The van der Waals surface area contributed by atoms with Crippen LogP contribution in [0.1, 0.15) is 25.3 Å². The van der Waals surface area contributed by atoms with Gasteiger partial charge in [0.15, 0.2) is 10.8 Å². The number of hydrogen-bond donors (Lipinski definition) is 2. The van der Waals surface area contributed by atoms with Gasteiger partial charge in [-0.15, -0.1) is 0 Å². The van der Waals surface area contributed by atoms with Gasteiger partial charge >= 0.3 is 5.91 Å². The first-order chi connectivity index (χ1) is 11.5. The van der Waals surface area contributed by atoms with Crippen LogP contribution in [0.2, 0.25) is 0 Å². The van der Waals surface area contributed by atoms with Crippen molar-refractivity contribution >= 4 is 5.84 Å².